The number of H-pyrrole nitrogens is 1. The first-order valence-electron chi connectivity index (χ1n) is 9.33. The standard InChI is InChI=1S/C17H33N3O3S2/c1-4-6-8-10-15(11-9-7-5-2)18-12-13-19-25(22,23)16-14(3)20-17(21)24-16/h15,18-19H,4-13H2,1-3H3,(H,20,21). The molecular weight excluding hydrogens is 358 g/mol. The summed E-state index contributed by atoms with van der Waals surface area (Å²) in [5, 5.41) is 3.49. The van der Waals surface area contributed by atoms with Crippen molar-refractivity contribution < 1.29 is 8.42 Å². The SMILES string of the molecule is CCCCCC(CCCCC)NCCNS(=O)(=O)c1sc(=O)[nH]c1C. The van der Waals surface area contributed by atoms with E-state index in [9.17, 15) is 13.2 Å². The van der Waals surface area contributed by atoms with Gasteiger partial charge in [0.2, 0.25) is 0 Å². The Hall–Kier alpha value is -0.700. The van der Waals surface area contributed by atoms with Crippen molar-refractivity contribution in [2.45, 2.75) is 82.4 Å². The zero-order chi connectivity index (χ0) is 18.7. The summed E-state index contributed by atoms with van der Waals surface area (Å²) in [5.41, 5.74) is 0.396. The highest BCUT2D eigenvalue weighted by Crippen LogP contribution is 2.15. The van der Waals surface area contributed by atoms with Crippen molar-refractivity contribution in [2.75, 3.05) is 13.1 Å². The van der Waals surface area contributed by atoms with Gasteiger partial charge < -0.3 is 10.3 Å². The Bertz CT molecular complexity index is 628. The van der Waals surface area contributed by atoms with E-state index < -0.39 is 10.0 Å². The van der Waals surface area contributed by atoms with Crippen LogP contribution < -0.4 is 14.9 Å². The fraction of sp³-hybridized carbons (Fsp3) is 0.824. The summed E-state index contributed by atoms with van der Waals surface area (Å²) in [6.07, 6.45) is 9.60. The summed E-state index contributed by atoms with van der Waals surface area (Å²) >= 11 is 0.731. The molecule has 25 heavy (non-hydrogen) atoms. The molecule has 3 N–H and O–H groups in total. The van der Waals surface area contributed by atoms with E-state index in [0.29, 0.717) is 24.8 Å². The maximum Gasteiger partial charge on any atom is 0.305 e. The van der Waals surface area contributed by atoms with E-state index >= 15 is 0 Å². The molecule has 8 heteroatoms. The Kier molecular flexibility index (Phi) is 10.6. The molecule has 1 aromatic heterocycles. The lowest BCUT2D eigenvalue weighted by atomic mass is 10.0. The monoisotopic (exact) mass is 391 g/mol. The molecule has 0 aromatic carbocycles. The van der Waals surface area contributed by atoms with Gasteiger partial charge in [0, 0.05) is 24.8 Å². The Morgan fingerprint density at radius 2 is 1.64 bits per heavy atom. The van der Waals surface area contributed by atoms with E-state index in [1.165, 1.54) is 38.5 Å². The molecule has 0 aliphatic heterocycles. The van der Waals surface area contributed by atoms with Gasteiger partial charge in [0.1, 0.15) is 0 Å². The molecule has 0 spiro atoms. The van der Waals surface area contributed by atoms with Crippen LogP contribution >= 0.6 is 11.3 Å². The van der Waals surface area contributed by atoms with Crippen LogP contribution in [0.4, 0.5) is 0 Å². The molecule has 0 saturated heterocycles. The molecule has 1 aromatic rings. The predicted molar refractivity (Wildman–Crippen MR) is 105 cm³/mol. The number of nitrogens with one attached hydrogen (secondary N) is 3. The molecule has 0 aliphatic rings. The minimum absolute atomic E-state index is 0.0833. The highest BCUT2D eigenvalue weighted by Gasteiger charge is 2.20. The topological polar surface area (TPSA) is 91.1 Å². The molecule has 0 aliphatic carbocycles. The molecule has 1 rings (SSSR count). The quantitative estimate of drug-likeness (QED) is 0.425. The number of hydrogen-bond acceptors (Lipinski definition) is 5. The van der Waals surface area contributed by atoms with Gasteiger partial charge in [-0.25, -0.2) is 13.1 Å². The van der Waals surface area contributed by atoms with Crippen molar-refractivity contribution in [1.29, 1.82) is 0 Å². The maximum absolute atomic E-state index is 12.2. The molecule has 0 bridgehead atoms. The van der Waals surface area contributed by atoms with Gasteiger partial charge in [-0.2, -0.15) is 0 Å². The Labute approximate surface area is 155 Å². The first kappa shape index (κ1) is 22.3. The fourth-order valence-electron chi connectivity index (χ4n) is 2.80. The minimum atomic E-state index is -3.61. The van der Waals surface area contributed by atoms with Crippen LogP contribution in [0, 0.1) is 6.92 Å². The lowest BCUT2D eigenvalue weighted by Crippen LogP contribution is -2.37. The fourth-order valence-corrected chi connectivity index (χ4v) is 5.18. The second-order valence-electron chi connectivity index (χ2n) is 6.47. The van der Waals surface area contributed by atoms with Crippen LogP contribution in [0.3, 0.4) is 0 Å². The van der Waals surface area contributed by atoms with Crippen LogP contribution in [-0.4, -0.2) is 32.5 Å². The zero-order valence-electron chi connectivity index (χ0n) is 15.7. The maximum atomic E-state index is 12.2. The van der Waals surface area contributed by atoms with Crippen LogP contribution in [0.5, 0.6) is 0 Å². The van der Waals surface area contributed by atoms with Gasteiger partial charge in [0.25, 0.3) is 10.0 Å². The van der Waals surface area contributed by atoms with Crippen LogP contribution in [0.1, 0.15) is 70.9 Å². The summed E-state index contributed by atoms with van der Waals surface area (Å²) in [6.45, 7) is 6.92. The van der Waals surface area contributed by atoms with E-state index in [4.69, 9.17) is 0 Å². The lowest BCUT2D eigenvalue weighted by molar-refractivity contribution is 0.420. The third-order valence-electron chi connectivity index (χ3n) is 4.19. The molecule has 1 heterocycles. The molecule has 0 saturated carbocycles. The number of thiazole rings is 1. The number of hydrogen-bond donors (Lipinski definition) is 3. The molecule has 0 unspecified atom stereocenters. The van der Waals surface area contributed by atoms with Gasteiger partial charge in [-0.1, -0.05) is 63.7 Å². The van der Waals surface area contributed by atoms with Crippen molar-refractivity contribution in [3.05, 3.63) is 15.4 Å². The first-order chi connectivity index (χ1) is 11.9. The summed E-state index contributed by atoms with van der Waals surface area (Å²) in [4.78, 5) is 13.4. The Morgan fingerprint density at radius 3 is 2.12 bits per heavy atom. The average Bonchev–Trinajstić information content (AvgIpc) is 2.90. The van der Waals surface area contributed by atoms with Crippen LogP contribution in [0.25, 0.3) is 0 Å². The second kappa shape index (κ2) is 11.8. The summed E-state index contributed by atoms with van der Waals surface area (Å²) in [7, 11) is -3.61. The first-order valence-corrected chi connectivity index (χ1v) is 11.6. The van der Waals surface area contributed by atoms with Crippen molar-refractivity contribution in [1.82, 2.24) is 15.0 Å². The van der Waals surface area contributed by atoms with Crippen molar-refractivity contribution >= 4 is 21.4 Å². The van der Waals surface area contributed by atoms with Gasteiger partial charge in [-0.3, -0.25) is 4.79 Å². The number of sulfonamides is 1. The molecule has 0 amide bonds. The third-order valence-corrected chi connectivity index (χ3v) is 7.25. The van der Waals surface area contributed by atoms with Crippen LogP contribution in [0.2, 0.25) is 0 Å². The van der Waals surface area contributed by atoms with Gasteiger partial charge in [-0.15, -0.1) is 0 Å². The van der Waals surface area contributed by atoms with Gasteiger partial charge in [-0.05, 0) is 19.8 Å². The second-order valence-corrected chi connectivity index (χ2v) is 9.41. The third kappa shape index (κ3) is 8.48. The largest absolute Gasteiger partial charge is 0.315 e. The van der Waals surface area contributed by atoms with E-state index in [1.807, 2.05) is 0 Å². The number of rotatable bonds is 14. The van der Waals surface area contributed by atoms with E-state index in [2.05, 4.69) is 28.9 Å². The average molecular weight is 392 g/mol. The molecule has 0 atom stereocenters. The predicted octanol–water partition coefficient (Wildman–Crippen LogP) is 3.14. The van der Waals surface area contributed by atoms with Gasteiger partial charge in [0.15, 0.2) is 4.21 Å². The highest BCUT2D eigenvalue weighted by atomic mass is 32.2. The lowest BCUT2D eigenvalue weighted by Gasteiger charge is -2.19. The van der Waals surface area contributed by atoms with E-state index in [1.54, 1.807) is 6.92 Å². The van der Waals surface area contributed by atoms with Crippen molar-refractivity contribution in [3.63, 3.8) is 0 Å². The normalized spacial score (nSPS) is 12.2. The smallest absolute Gasteiger partial charge is 0.305 e. The molecule has 146 valence electrons. The summed E-state index contributed by atoms with van der Waals surface area (Å²) < 4.78 is 27.2. The summed E-state index contributed by atoms with van der Waals surface area (Å²) in [6, 6.07) is 0.452. The minimum Gasteiger partial charge on any atom is -0.315 e. The zero-order valence-corrected chi connectivity index (χ0v) is 17.3. The van der Waals surface area contributed by atoms with E-state index in [0.717, 1.165) is 24.2 Å². The van der Waals surface area contributed by atoms with Crippen molar-refractivity contribution in [2.24, 2.45) is 0 Å². The summed E-state index contributed by atoms with van der Waals surface area (Å²) in [5.74, 6) is 0. The van der Waals surface area contributed by atoms with E-state index in [-0.39, 0.29) is 9.08 Å². The van der Waals surface area contributed by atoms with Gasteiger partial charge in [0.05, 0.1) is 0 Å². The molecule has 6 nitrogen and oxygen atoms in total. The highest BCUT2D eigenvalue weighted by molar-refractivity contribution is 7.91. The molecule has 0 fully saturated rings. The number of unbranched alkanes of at least 4 members (excludes halogenated alkanes) is 4. The van der Waals surface area contributed by atoms with Gasteiger partial charge >= 0.3 is 4.87 Å². The Balaban J connectivity index is 2.43. The Morgan fingerprint density at radius 1 is 1.04 bits per heavy atom. The van der Waals surface area contributed by atoms with Crippen molar-refractivity contribution in [3.8, 4) is 0 Å². The van der Waals surface area contributed by atoms with Crippen LogP contribution in [0.15, 0.2) is 9.00 Å². The number of aromatic nitrogens is 1. The number of aryl methyl sites for hydroxylation is 1. The molecular formula is C17H33N3O3S2. The molecule has 0 radical (unpaired) electrons. The number of aromatic amines is 1. The van der Waals surface area contributed by atoms with Crippen LogP contribution in [-0.2, 0) is 10.0 Å².